The Morgan fingerprint density at radius 1 is 1.23 bits per heavy atom. The van der Waals surface area contributed by atoms with Crippen LogP contribution >= 0.6 is 0 Å². The first kappa shape index (κ1) is 9.78. The lowest BCUT2D eigenvalue weighted by Gasteiger charge is -2.15. The maximum Gasteiger partial charge on any atom is 0.338 e. The van der Waals surface area contributed by atoms with Crippen molar-refractivity contribution in [3.8, 4) is 0 Å². The zero-order valence-electron chi connectivity index (χ0n) is 8.04. The summed E-state index contributed by atoms with van der Waals surface area (Å²) in [5, 5.41) is 0. The molecule has 0 fully saturated rings. The Balaban J connectivity index is 3.03. The maximum atomic E-state index is 11.3. The van der Waals surface area contributed by atoms with E-state index in [1.807, 2.05) is 32.1 Å². The smallest absolute Gasteiger partial charge is 0.338 e. The van der Waals surface area contributed by atoms with Crippen molar-refractivity contribution in [1.82, 2.24) is 0 Å². The van der Waals surface area contributed by atoms with Crippen molar-refractivity contribution in [3.05, 3.63) is 35.5 Å². The molecule has 0 N–H and O–H groups in total. The summed E-state index contributed by atoms with van der Waals surface area (Å²) in [4.78, 5) is 11.3. The molecule has 2 nitrogen and oxygen atoms in total. The van der Waals surface area contributed by atoms with Crippen LogP contribution in [0.2, 0.25) is 0 Å². The van der Waals surface area contributed by atoms with Crippen LogP contribution in [0.1, 0.15) is 20.3 Å². The van der Waals surface area contributed by atoms with Crippen molar-refractivity contribution in [2.75, 3.05) is 6.61 Å². The summed E-state index contributed by atoms with van der Waals surface area (Å²) in [5.41, 5.74) is 1.75. The van der Waals surface area contributed by atoms with Crippen LogP contribution in [0.5, 0.6) is 0 Å². The van der Waals surface area contributed by atoms with Crippen LogP contribution < -0.4 is 0 Å². The molecule has 0 aromatic rings. The second-order valence-electron chi connectivity index (χ2n) is 2.82. The number of hydrogen-bond acceptors (Lipinski definition) is 2. The van der Waals surface area contributed by atoms with Gasteiger partial charge in [0.2, 0.25) is 0 Å². The van der Waals surface area contributed by atoms with Crippen molar-refractivity contribution in [2.45, 2.75) is 20.3 Å². The van der Waals surface area contributed by atoms with E-state index >= 15 is 0 Å². The Morgan fingerprint density at radius 3 is 2.54 bits per heavy atom. The van der Waals surface area contributed by atoms with Gasteiger partial charge >= 0.3 is 5.97 Å². The second-order valence-corrected chi connectivity index (χ2v) is 2.82. The number of ether oxygens (including phenoxy) is 1. The molecule has 70 valence electrons. The van der Waals surface area contributed by atoms with Crippen LogP contribution in [0.25, 0.3) is 0 Å². The van der Waals surface area contributed by atoms with E-state index in [4.69, 9.17) is 4.74 Å². The van der Waals surface area contributed by atoms with Gasteiger partial charge in [0.1, 0.15) is 0 Å². The van der Waals surface area contributed by atoms with Crippen molar-refractivity contribution in [2.24, 2.45) is 0 Å². The molecule has 1 aliphatic heterocycles. The van der Waals surface area contributed by atoms with E-state index in [2.05, 4.69) is 0 Å². The van der Waals surface area contributed by atoms with Crippen molar-refractivity contribution >= 4 is 5.97 Å². The quantitative estimate of drug-likeness (QED) is 0.607. The van der Waals surface area contributed by atoms with Gasteiger partial charge in [0, 0.05) is 6.42 Å². The molecule has 0 aliphatic carbocycles. The lowest BCUT2D eigenvalue weighted by molar-refractivity contribution is -0.139. The molecule has 1 rings (SSSR count). The normalized spacial score (nSPS) is 18.8. The van der Waals surface area contributed by atoms with Crippen LogP contribution in [0.3, 0.4) is 0 Å². The molecule has 1 heterocycles. The SMILES string of the molecule is C/C=C\C1=C(/C=C\C)C(=O)OCC1. The molecule has 0 saturated heterocycles. The fraction of sp³-hybridized carbons (Fsp3) is 0.364. The number of hydrogen-bond donors (Lipinski definition) is 0. The van der Waals surface area contributed by atoms with Gasteiger partial charge in [-0.3, -0.25) is 0 Å². The van der Waals surface area contributed by atoms with Crippen LogP contribution in [0, 0.1) is 0 Å². The summed E-state index contributed by atoms with van der Waals surface area (Å²) in [6, 6.07) is 0. The summed E-state index contributed by atoms with van der Waals surface area (Å²) in [6.07, 6.45) is 8.38. The predicted octanol–water partition coefficient (Wildman–Crippen LogP) is 2.38. The predicted molar refractivity (Wildman–Crippen MR) is 52.2 cm³/mol. The molecule has 0 amide bonds. The molecule has 13 heavy (non-hydrogen) atoms. The highest BCUT2D eigenvalue weighted by Crippen LogP contribution is 2.19. The van der Waals surface area contributed by atoms with Crippen LogP contribution in [-0.2, 0) is 9.53 Å². The number of cyclic esters (lactones) is 1. The standard InChI is InChI=1S/C11H14O2/c1-3-5-9-7-8-13-11(12)10(9)6-4-2/h3-6H,7-8H2,1-2H3/b5-3-,6-4-. The summed E-state index contributed by atoms with van der Waals surface area (Å²) >= 11 is 0. The minimum Gasteiger partial charge on any atom is -0.462 e. The minimum absolute atomic E-state index is 0.211. The fourth-order valence-electron chi connectivity index (χ4n) is 1.31. The van der Waals surface area contributed by atoms with E-state index in [0.717, 1.165) is 12.0 Å². The number of carbonyl (C=O) groups excluding carboxylic acids is 1. The highest BCUT2D eigenvalue weighted by molar-refractivity contribution is 5.93. The number of esters is 1. The molecule has 0 radical (unpaired) electrons. The largest absolute Gasteiger partial charge is 0.462 e. The minimum atomic E-state index is -0.211. The molecule has 0 aromatic heterocycles. The maximum absolute atomic E-state index is 11.3. The van der Waals surface area contributed by atoms with Crippen LogP contribution in [-0.4, -0.2) is 12.6 Å². The fourth-order valence-corrected chi connectivity index (χ4v) is 1.31. The van der Waals surface area contributed by atoms with Gasteiger partial charge in [-0.15, -0.1) is 0 Å². The zero-order chi connectivity index (χ0) is 9.68. The van der Waals surface area contributed by atoms with Gasteiger partial charge in [-0.2, -0.15) is 0 Å². The lowest BCUT2D eigenvalue weighted by atomic mass is 10.0. The van der Waals surface area contributed by atoms with Gasteiger partial charge in [-0.1, -0.05) is 24.3 Å². The molecule has 0 spiro atoms. The van der Waals surface area contributed by atoms with Crippen LogP contribution in [0.15, 0.2) is 35.5 Å². The summed E-state index contributed by atoms with van der Waals surface area (Å²) in [6.45, 7) is 4.34. The first-order valence-corrected chi connectivity index (χ1v) is 4.45. The number of carbonyl (C=O) groups is 1. The Morgan fingerprint density at radius 2 is 1.92 bits per heavy atom. The Labute approximate surface area is 78.6 Å². The molecule has 0 saturated carbocycles. The van der Waals surface area contributed by atoms with Gasteiger partial charge < -0.3 is 4.74 Å². The van der Waals surface area contributed by atoms with Gasteiger partial charge in [0.25, 0.3) is 0 Å². The monoisotopic (exact) mass is 178 g/mol. The van der Waals surface area contributed by atoms with Gasteiger partial charge in [-0.05, 0) is 19.4 Å². The molecule has 1 aliphatic rings. The van der Waals surface area contributed by atoms with E-state index in [-0.39, 0.29) is 5.97 Å². The summed E-state index contributed by atoms with van der Waals surface area (Å²) in [5.74, 6) is -0.211. The average Bonchev–Trinajstić information content (AvgIpc) is 2.11. The molecule has 0 aromatic carbocycles. The lowest BCUT2D eigenvalue weighted by Crippen LogP contribution is -2.15. The van der Waals surface area contributed by atoms with E-state index in [0.29, 0.717) is 12.2 Å². The van der Waals surface area contributed by atoms with E-state index in [9.17, 15) is 4.79 Å². The second kappa shape index (κ2) is 4.65. The molecule has 0 unspecified atom stereocenters. The van der Waals surface area contributed by atoms with Gasteiger partial charge in [0.05, 0.1) is 12.2 Å². The summed E-state index contributed by atoms with van der Waals surface area (Å²) < 4.78 is 4.94. The molecule has 0 atom stereocenters. The van der Waals surface area contributed by atoms with Crippen molar-refractivity contribution in [1.29, 1.82) is 0 Å². The first-order chi connectivity index (χ1) is 6.29. The zero-order valence-corrected chi connectivity index (χ0v) is 8.04. The van der Waals surface area contributed by atoms with E-state index in [1.165, 1.54) is 0 Å². The van der Waals surface area contributed by atoms with E-state index < -0.39 is 0 Å². The third-order valence-corrected chi connectivity index (χ3v) is 1.87. The Bertz CT molecular complexity index is 282. The molecular weight excluding hydrogens is 164 g/mol. The van der Waals surface area contributed by atoms with E-state index in [1.54, 1.807) is 6.08 Å². The summed E-state index contributed by atoms with van der Waals surface area (Å²) in [7, 11) is 0. The third-order valence-electron chi connectivity index (χ3n) is 1.87. The molecular formula is C11H14O2. The van der Waals surface area contributed by atoms with Crippen molar-refractivity contribution in [3.63, 3.8) is 0 Å². The Kier molecular flexibility index (Phi) is 3.50. The van der Waals surface area contributed by atoms with Gasteiger partial charge in [0.15, 0.2) is 0 Å². The topological polar surface area (TPSA) is 26.3 Å². The van der Waals surface area contributed by atoms with Crippen LogP contribution in [0.4, 0.5) is 0 Å². The highest BCUT2D eigenvalue weighted by Gasteiger charge is 2.17. The number of allylic oxidation sites excluding steroid dienone is 3. The first-order valence-electron chi connectivity index (χ1n) is 4.45. The highest BCUT2D eigenvalue weighted by atomic mass is 16.5. The molecule has 2 heteroatoms. The third kappa shape index (κ3) is 2.31. The molecule has 0 bridgehead atoms. The Hall–Kier alpha value is -1.31. The number of rotatable bonds is 2. The van der Waals surface area contributed by atoms with Gasteiger partial charge in [-0.25, -0.2) is 4.79 Å². The van der Waals surface area contributed by atoms with Crippen molar-refractivity contribution < 1.29 is 9.53 Å². The average molecular weight is 178 g/mol.